The largest absolute Gasteiger partial charge is 0.241 e. The van der Waals surface area contributed by atoms with Crippen molar-refractivity contribution in [3.8, 4) is 11.8 Å². The summed E-state index contributed by atoms with van der Waals surface area (Å²) >= 11 is 0. The van der Waals surface area contributed by atoms with Crippen LogP contribution in [0.15, 0.2) is 30.6 Å². The molecule has 2 aromatic rings. The van der Waals surface area contributed by atoms with E-state index in [0.29, 0.717) is 0 Å². The van der Waals surface area contributed by atoms with Crippen LogP contribution >= 0.6 is 0 Å². The summed E-state index contributed by atoms with van der Waals surface area (Å²) in [6.45, 7) is 2.03. The molecule has 0 saturated carbocycles. The molecule has 0 saturated heterocycles. The molecule has 1 aliphatic rings. The lowest BCUT2D eigenvalue weighted by Gasteiger charge is -2.06. The Labute approximate surface area is 100 Å². The molecule has 0 amide bonds. The summed E-state index contributed by atoms with van der Waals surface area (Å²) < 4.78 is 1.88. The molecule has 1 atom stereocenters. The van der Waals surface area contributed by atoms with Gasteiger partial charge in [-0.1, -0.05) is 6.07 Å². The molecule has 17 heavy (non-hydrogen) atoms. The van der Waals surface area contributed by atoms with Gasteiger partial charge in [0.15, 0.2) is 0 Å². The predicted molar refractivity (Wildman–Crippen MR) is 65.0 cm³/mol. The van der Waals surface area contributed by atoms with E-state index in [-0.39, 0.29) is 5.92 Å². The van der Waals surface area contributed by atoms with Crippen LogP contribution in [-0.4, -0.2) is 9.78 Å². The van der Waals surface area contributed by atoms with Crippen molar-refractivity contribution in [2.45, 2.75) is 25.7 Å². The molecule has 1 aliphatic carbocycles. The molecule has 0 bridgehead atoms. The van der Waals surface area contributed by atoms with Crippen LogP contribution in [0.3, 0.4) is 0 Å². The van der Waals surface area contributed by atoms with Crippen LogP contribution in [0, 0.1) is 18.3 Å². The monoisotopic (exact) mass is 223 g/mol. The number of benzene rings is 1. The third-order valence-corrected chi connectivity index (χ3v) is 3.34. The summed E-state index contributed by atoms with van der Waals surface area (Å²) in [5.41, 5.74) is 4.72. The Bertz CT molecular complexity index is 604. The lowest BCUT2D eigenvalue weighted by Crippen LogP contribution is -1.96. The summed E-state index contributed by atoms with van der Waals surface area (Å²) in [6.07, 6.45) is 5.82. The van der Waals surface area contributed by atoms with Crippen LogP contribution in [-0.2, 0) is 6.42 Å². The molecule has 0 spiro atoms. The lowest BCUT2D eigenvalue weighted by molar-refractivity contribution is 0.825. The van der Waals surface area contributed by atoms with Crippen LogP contribution in [0.5, 0.6) is 0 Å². The van der Waals surface area contributed by atoms with Crippen molar-refractivity contribution >= 4 is 0 Å². The van der Waals surface area contributed by atoms with Gasteiger partial charge in [-0.15, -0.1) is 0 Å². The molecule has 3 heteroatoms. The second-order valence-electron chi connectivity index (χ2n) is 4.57. The first-order chi connectivity index (χ1) is 8.28. The van der Waals surface area contributed by atoms with Gasteiger partial charge in [-0.2, -0.15) is 10.4 Å². The zero-order valence-electron chi connectivity index (χ0n) is 9.72. The molecule has 3 nitrogen and oxygen atoms in total. The first-order valence-electron chi connectivity index (χ1n) is 5.82. The van der Waals surface area contributed by atoms with Gasteiger partial charge < -0.3 is 0 Å². The molecule has 3 rings (SSSR count). The fraction of sp³-hybridized carbons (Fsp3) is 0.286. The smallest absolute Gasteiger partial charge is 0.0718 e. The van der Waals surface area contributed by atoms with Crippen LogP contribution in [0.4, 0.5) is 0 Å². The van der Waals surface area contributed by atoms with Gasteiger partial charge >= 0.3 is 0 Å². The van der Waals surface area contributed by atoms with E-state index in [1.807, 2.05) is 30.1 Å². The fourth-order valence-corrected chi connectivity index (χ4v) is 2.43. The van der Waals surface area contributed by atoms with Gasteiger partial charge in [0.25, 0.3) is 0 Å². The molecular weight excluding hydrogens is 210 g/mol. The molecule has 0 radical (unpaired) electrons. The Kier molecular flexibility index (Phi) is 2.22. The van der Waals surface area contributed by atoms with E-state index in [1.165, 1.54) is 11.1 Å². The summed E-state index contributed by atoms with van der Waals surface area (Å²) in [5.74, 6) is 0.0819. The first kappa shape index (κ1) is 10.1. The average molecular weight is 223 g/mol. The summed E-state index contributed by atoms with van der Waals surface area (Å²) in [5, 5.41) is 13.3. The highest BCUT2D eigenvalue weighted by atomic mass is 15.3. The van der Waals surface area contributed by atoms with Crippen LogP contribution in [0.25, 0.3) is 5.69 Å². The van der Waals surface area contributed by atoms with E-state index >= 15 is 0 Å². The second kappa shape index (κ2) is 3.74. The number of fused-ring (bicyclic) bond motifs is 1. The van der Waals surface area contributed by atoms with Crippen molar-refractivity contribution in [1.29, 1.82) is 5.26 Å². The minimum absolute atomic E-state index is 0.0819. The van der Waals surface area contributed by atoms with E-state index in [0.717, 1.165) is 24.1 Å². The third kappa shape index (κ3) is 1.62. The maximum Gasteiger partial charge on any atom is 0.0718 e. The Morgan fingerprint density at radius 2 is 2.35 bits per heavy atom. The molecular formula is C14H13N3. The van der Waals surface area contributed by atoms with Gasteiger partial charge in [0, 0.05) is 6.20 Å². The summed E-state index contributed by atoms with van der Waals surface area (Å²) in [7, 11) is 0. The number of hydrogen-bond donors (Lipinski definition) is 0. The molecule has 1 unspecified atom stereocenters. The minimum atomic E-state index is 0.0819. The Morgan fingerprint density at radius 3 is 3.06 bits per heavy atom. The second-order valence-corrected chi connectivity index (χ2v) is 4.57. The van der Waals surface area contributed by atoms with Crippen molar-refractivity contribution in [2.75, 3.05) is 0 Å². The Balaban J connectivity index is 2.03. The highest BCUT2D eigenvalue weighted by molar-refractivity contribution is 5.46. The van der Waals surface area contributed by atoms with Crippen LogP contribution in [0.1, 0.15) is 29.0 Å². The van der Waals surface area contributed by atoms with Crippen molar-refractivity contribution in [3.63, 3.8) is 0 Å². The van der Waals surface area contributed by atoms with Gasteiger partial charge in [-0.25, -0.2) is 4.68 Å². The quantitative estimate of drug-likeness (QED) is 0.746. The van der Waals surface area contributed by atoms with E-state index in [1.54, 1.807) is 0 Å². The number of aromatic nitrogens is 2. The first-order valence-corrected chi connectivity index (χ1v) is 5.82. The van der Waals surface area contributed by atoms with Crippen molar-refractivity contribution in [2.24, 2.45) is 0 Å². The van der Waals surface area contributed by atoms with Gasteiger partial charge in [-0.3, -0.25) is 0 Å². The van der Waals surface area contributed by atoms with Crippen LogP contribution in [0.2, 0.25) is 0 Å². The minimum Gasteiger partial charge on any atom is -0.241 e. The average Bonchev–Trinajstić information content (AvgIpc) is 2.94. The molecule has 1 aromatic carbocycles. The highest BCUT2D eigenvalue weighted by Crippen LogP contribution is 2.33. The van der Waals surface area contributed by atoms with Crippen molar-refractivity contribution < 1.29 is 0 Å². The number of rotatable bonds is 1. The van der Waals surface area contributed by atoms with Gasteiger partial charge in [-0.05, 0) is 48.6 Å². The molecule has 0 fully saturated rings. The molecule has 84 valence electrons. The summed E-state index contributed by atoms with van der Waals surface area (Å²) in [6, 6.07) is 8.63. The number of hydrogen-bond acceptors (Lipinski definition) is 2. The normalized spacial score (nSPS) is 17.8. The van der Waals surface area contributed by atoms with Gasteiger partial charge in [0.05, 0.1) is 23.9 Å². The summed E-state index contributed by atoms with van der Waals surface area (Å²) in [4.78, 5) is 0. The number of nitrogens with zero attached hydrogens (tertiary/aromatic N) is 3. The third-order valence-electron chi connectivity index (χ3n) is 3.34. The lowest BCUT2D eigenvalue weighted by atomic mass is 10.0. The van der Waals surface area contributed by atoms with Crippen molar-refractivity contribution in [1.82, 2.24) is 9.78 Å². The number of nitriles is 1. The van der Waals surface area contributed by atoms with Crippen molar-refractivity contribution in [3.05, 3.63) is 47.3 Å². The molecule has 1 aromatic heterocycles. The van der Waals surface area contributed by atoms with E-state index in [9.17, 15) is 0 Å². The number of aryl methyl sites for hydroxylation is 2. The zero-order valence-corrected chi connectivity index (χ0v) is 9.72. The SMILES string of the molecule is Cc1cnn(-c2ccc3c(c2)CCC3C#N)c1. The van der Waals surface area contributed by atoms with Gasteiger partial charge in [0.1, 0.15) is 0 Å². The van der Waals surface area contributed by atoms with E-state index in [2.05, 4.69) is 23.3 Å². The zero-order chi connectivity index (χ0) is 11.8. The topological polar surface area (TPSA) is 41.6 Å². The Hall–Kier alpha value is -2.08. The highest BCUT2D eigenvalue weighted by Gasteiger charge is 2.22. The Morgan fingerprint density at radius 1 is 1.47 bits per heavy atom. The maximum absolute atomic E-state index is 9.03. The molecule has 0 N–H and O–H groups in total. The fourth-order valence-electron chi connectivity index (χ4n) is 2.43. The van der Waals surface area contributed by atoms with E-state index < -0.39 is 0 Å². The maximum atomic E-state index is 9.03. The van der Waals surface area contributed by atoms with Crippen LogP contribution < -0.4 is 0 Å². The standard InChI is InChI=1S/C14H13N3/c1-10-8-16-17(9-10)13-4-5-14-11(6-13)2-3-12(14)7-15/h4-6,8-9,12H,2-3H2,1H3. The van der Waals surface area contributed by atoms with Gasteiger partial charge in [0.2, 0.25) is 0 Å². The molecule has 0 aliphatic heterocycles. The van der Waals surface area contributed by atoms with E-state index in [4.69, 9.17) is 5.26 Å². The predicted octanol–water partition coefficient (Wildman–Crippen LogP) is 2.73. The molecule has 1 heterocycles.